The molecule has 1 atom stereocenters. The third kappa shape index (κ3) is 1.07. The molecule has 0 bridgehead atoms. The van der Waals surface area contributed by atoms with Gasteiger partial charge in [-0.05, 0) is 17.3 Å². The summed E-state index contributed by atoms with van der Waals surface area (Å²) in [6.07, 6.45) is 2.99. The lowest BCUT2D eigenvalue weighted by molar-refractivity contribution is 0.1000. The van der Waals surface area contributed by atoms with Crippen molar-refractivity contribution in [1.82, 2.24) is 0 Å². The molecule has 0 saturated heterocycles. The maximum absolute atomic E-state index is 11.6. The van der Waals surface area contributed by atoms with E-state index in [2.05, 4.69) is 12.3 Å². The van der Waals surface area contributed by atoms with E-state index in [1.807, 2.05) is 18.2 Å². The van der Waals surface area contributed by atoms with Crippen LogP contribution in [0.5, 0.6) is 0 Å². The van der Waals surface area contributed by atoms with E-state index in [0.717, 1.165) is 12.0 Å². The Kier molecular flexibility index (Phi) is 1.93. The quantitative estimate of drug-likeness (QED) is 0.468. The molecule has 1 aliphatic carbocycles. The summed E-state index contributed by atoms with van der Waals surface area (Å²) < 4.78 is 0. The molecule has 1 aromatic rings. The third-order valence-electron chi connectivity index (χ3n) is 2.31. The Morgan fingerprint density at radius 1 is 1.42 bits per heavy atom. The van der Waals surface area contributed by atoms with Crippen molar-refractivity contribution in [3.8, 4) is 0 Å². The van der Waals surface area contributed by atoms with Gasteiger partial charge >= 0.3 is 0 Å². The van der Waals surface area contributed by atoms with Crippen LogP contribution in [0.4, 0.5) is 0 Å². The van der Waals surface area contributed by atoms with Crippen LogP contribution >= 0.6 is 0 Å². The number of benzene rings is 1. The zero-order chi connectivity index (χ0) is 8.55. The van der Waals surface area contributed by atoms with Gasteiger partial charge in [-0.1, -0.05) is 24.3 Å². The van der Waals surface area contributed by atoms with Gasteiger partial charge in [-0.15, -0.1) is 0 Å². The van der Waals surface area contributed by atoms with Crippen LogP contribution in [-0.4, -0.2) is 17.3 Å². The van der Waals surface area contributed by atoms with E-state index in [1.54, 1.807) is 0 Å². The molecule has 0 N–H and O–H groups in total. The molecule has 1 unspecified atom stereocenters. The fourth-order valence-corrected chi connectivity index (χ4v) is 2.38. The van der Waals surface area contributed by atoms with Gasteiger partial charge in [0.1, 0.15) is 0 Å². The molecule has 2 heteroatoms. The summed E-state index contributed by atoms with van der Waals surface area (Å²) in [7, 11) is 0. The molecular formula is C10H11OS+. The fourth-order valence-electron chi connectivity index (χ4n) is 1.63. The summed E-state index contributed by atoms with van der Waals surface area (Å²) in [6.45, 7) is 0. The van der Waals surface area contributed by atoms with Crippen LogP contribution in [0.2, 0.25) is 0 Å². The molecule has 0 saturated carbocycles. The summed E-state index contributed by atoms with van der Waals surface area (Å²) in [6, 6.07) is 7.92. The second-order valence-electron chi connectivity index (χ2n) is 3.00. The highest BCUT2D eigenvalue weighted by Gasteiger charge is 2.33. The van der Waals surface area contributed by atoms with E-state index in [4.69, 9.17) is 0 Å². The van der Waals surface area contributed by atoms with E-state index in [-0.39, 0.29) is 5.25 Å². The molecule has 0 aliphatic heterocycles. The number of Topliss-reactive ketones (excluding diaryl/α,β-unsaturated/α-hetero) is 1. The number of carbonyl (C=O) groups is 1. The van der Waals surface area contributed by atoms with Gasteiger partial charge in [0.2, 0.25) is 5.78 Å². The van der Waals surface area contributed by atoms with E-state index < -0.39 is 0 Å². The Labute approximate surface area is 76.2 Å². The summed E-state index contributed by atoms with van der Waals surface area (Å²) in [5, 5.41) is 0.224. The van der Waals surface area contributed by atoms with Crippen LogP contribution in [-0.2, 0) is 18.2 Å². The van der Waals surface area contributed by atoms with Crippen molar-refractivity contribution in [2.75, 3.05) is 6.26 Å². The Morgan fingerprint density at radius 3 is 2.83 bits per heavy atom. The first-order valence-corrected chi connectivity index (χ1v) is 5.45. The summed E-state index contributed by atoms with van der Waals surface area (Å²) in [5.41, 5.74) is 2.17. The summed E-state index contributed by atoms with van der Waals surface area (Å²) >= 11 is 1.19. The van der Waals surface area contributed by atoms with Crippen molar-refractivity contribution in [3.05, 3.63) is 35.4 Å². The van der Waals surface area contributed by atoms with Gasteiger partial charge in [0.05, 0.1) is 6.26 Å². The largest absolute Gasteiger partial charge is 0.288 e. The molecule has 0 aromatic heterocycles. The molecule has 62 valence electrons. The van der Waals surface area contributed by atoms with Gasteiger partial charge in [0, 0.05) is 12.0 Å². The molecule has 2 rings (SSSR count). The molecule has 0 amide bonds. The number of hydrogen-bond donors (Lipinski definition) is 0. The first-order valence-electron chi connectivity index (χ1n) is 4.04. The summed E-state index contributed by atoms with van der Waals surface area (Å²) in [4.78, 5) is 11.6. The van der Waals surface area contributed by atoms with Gasteiger partial charge in [0.15, 0.2) is 5.25 Å². The Hall–Kier alpha value is -0.760. The second kappa shape index (κ2) is 2.94. The van der Waals surface area contributed by atoms with Crippen molar-refractivity contribution in [2.24, 2.45) is 0 Å². The van der Waals surface area contributed by atoms with Gasteiger partial charge < -0.3 is 0 Å². The number of thiol groups is 1. The highest BCUT2D eigenvalue weighted by atomic mass is 32.2. The molecular weight excluding hydrogens is 168 g/mol. The van der Waals surface area contributed by atoms with Crippen molar-refractivity contribution >= 4 is 17.5 Å². The Morgan fingerprint density at radius 2 is 2.17 bits per heavy atom. The average Bonchev–Trinajstić information content (AvgIpc) is 2.44. The van der Waals surface area contributed by atoms with E-state index in [0.29, 0.717) is 5.78 Å². The Bertz CT molecular complexity index is 319. The third-order valence-corrected chi connectivity index (χ3v) is 3.35. The lowest BCUT2D eigenvalue weighted by Crippen LogP contribution is -2.16. The van der Waals surface area contributed by atoms with Crippen molar-refractivity contribution < 1.29 is 4.79 Å². The smallest absolute Gasteiger partial charge is 0.215 e. The van der Waals surface area contributed by atoms with Gasteiger partial charge in [-0.25, -0.2) is 0 Å². The predicted octanol–water partition coefficient (Wildman–Crippen LogP) is 1.24. The molecule has 0 radical (unpaired) electrons. The van der Waals surface area contributed by atoms with Gasteiger partial charge in [0.25, 0.3) is 0 Å². The van der Waals surface area contributed by atoms with Crippen LogP contribution in [0.15, 0.2) is 24.3 Å². The minimum atomic E-state index is 0.224. The number of rotatable bonds is 1. The SMILES string of the molecule is C[SH+]C1Cc2ccccc2C1=O. The van der Waals surface area contributed by atoms with Gasteiger partial charge in [-0.3, -0.25) is 4.79 Å². The maximum Gasteiger partial charge on any atom is 0.215 e. The van der Waals surface area contributed by atoms with E-state index in [1.165, 1.54) is 17.3 Å². The average molecular weight is 179 g/mol. The lowest BCUT2D eigenvalue weighted by Gasteiger charge is -1.92. The number of ketones is 1. The molecule has 12 heavy (non-hydrogen) atoms. The Balaban J connectivity index is 2.42. The molecule has 1 aliphatic rings. The van der Waals surface area contributed by atoms with Crippen LogP contribution < -0.4 is 0 Å². The molecule has 0 heterocycles. The van der Waals surface area contributed by atoms with Crippen molar-refractivity contribution in [3.63, 3.8) is 0 Å². The van der Waals surface area contributed by atoms with Crippen molar-refractivity contribution in [2.45, 2.75) is 11.7 Å². The monoisotopic (exact) mass is 179 g/mol. The predicted molar refractivity (Wildman–Crippen MR) is 52.9 cm³/mol. The fraction of sp³-hybridized carbons (Fsp3) is 0.300. The molecule has 1 nitrogen and oxygen atoms in total. The number of carbonyl (C=O) groups excluding carboxylic acids is 1. The number of fused-ring (bicyclic) bond motifs is 1. The van der Waals surface area contributed by atoms with E-state index >= 15 is 0 Å². The highest BCUT2D eigenvalue weighted by molar-refractivity contribution is 7.79. The summed E-state index contributed by atoms with van der Waals surface area (Å²) in [5.74, 6) is 0.328. The maximum atomic E-state index is 11.6. The molecule has 1 aromatic carbocycles. The second-order valence-corrected chi connectivity index (χ2v) is 4.14. The lowest BCUT2D eigenvalue weighted by atomic mass is 10.1. The zero-order valence-corrected chi connectivity index (χ0v) is 7.84. The van der Waals surface area contributed by atoms with Crippen LogP contribution in [0.25, 0.3) is 0 Å². The minimum absolute atomic E-state index is 0.224. The normalized spacial score (nSPS) is 21.1. The minimum Gasteiger partial charge on any atom is -0.288 e. The van der Waals surface area contributed by atoms with Crippen LogP contribution in [0.1, 0.15) is 15.9 Å². The highest BCUT2D eigenvalue weighted by Crippen LogP contribution is 2.23. The van der Waals surface area contributed by atoms with Gasteiger partial charge in [-0.2, -0.15) is 0 Å². The first kappa shape index (κ1) is 7.87. The molecule has 0 fully saturated rings. The first-order chi connectivity index (χ1) is 5.83. The topological polar surface area (TPSA) is 17.1 Å². The van der Waals surface area contributed by atoms with E-state index in [9.17, 15) is 4.79 Å². The van der Waals surface area contributed by atoms with Crippen LogP contribution in [0.3, 0.4) is 0 Å². The number of hydrogen-bond acceptors (Lipinski definition) is 1. The standard InChI is InChI=1S/C10H10OS/c1-12-9-6-7-4-2-3-5-8(7)10(9)11/h2-5,9H,6H2,1H3/p+1. The van der Waals surface area contributed by atoms with Crippen LogP contribution in [0, 0.1) is 0 Å². The van der Waals surface area contributed by atoms with Crippen molar-refractivity contribution in [1.29, 1.82) is 0 Å². The molecule has 0 spiro atoms. The zero-order valence-electron chi connectivity index (χ0n) is 6.95.